The minimum absolute atomic E-state index is 0.0301. The summed E-state index contributed by atoms with van der Waals surface area (Å²) in [7, 11) is -0.584. The molecule has 2 aromatic heterocycles. The van der Waals surface area contributed by atoms with Gasteiger partial charge in [0.2, 0.25) is 0 Å². The molecule has 0 bridgehead atoms. The predicted molar refractivity (Wildman–Crippen MR) is 191 cm³/mol. The van der Waals surface area contributed by atoms with Gasteiger partial charge in [0.25, 0.3) is 0 Å². The fraction of sp³-hybridized carbons (Fsp3) is 0.758. The fourth-order valence-corrected chi connectivity index (χ4v) is 7.52. The van der Waals surface area contributed by atoms with Gasteiger partial charge >= 0.3 is 12.0 Å². The van der Waals surface area contributed by atoms with Crippen LogP contribution < -0.4 is 10.6 Å². The number of nitrogens with zero attached hydrogens (tertiary/aromatic N) is 4. The molecule has 2 fully saturated rings. The Bertz CT molecular complexity index is 1450. The molecule has 4 atom stereocenters. The predicted octanol–water partition coefficient (Wildman–Crippen LogP) is 5.02. The zero-order valence-electron chi connectivity index (χ0n) is 30.6. The molecule has 4 rings (SSSR count). The van der Waals surface area contributed by atoms with Crippen molar-refractivity contribution in [2.24, 2.45) is 0 Å². The quantitative estimate of drug-likeness (QED) is 0.123. The van der Waals surface area contributed by atoms with Gasteiger partial charge in [0, 0.05) is 19.6 Å². The van der Waals surface area contributed by atoms with Crippen molar-refractivity contribution in [2.45, 2.75) is 147 Å². The van der Waals surface area contributed by atoms with E-state index in [1.54, 1.807) is 18.0 Å². The van der Waals surface area contributed by atoms with Gasteiger partial charge in [-0.3, -0.25) is 14.7 Å². The van der Waals surface area contributed by atoms with Crippen molar-refractivity contribution in [3.63, 3.8) is 0 Å². The zero-order chi connectivity index (χ0) is 36.1. The van der Waals surface area contributed by atoms with E-state index in [4.69, 9.17) is 22.8 Å². The monoisotopic (exact) mass is 723 g/mol. The number of carbonyl (C=O) groups excluding carboxylic acids is 3. The van der Waals surface area contributed by atoms with Crippen LogP contribution in [0.5, 0.6) is 0 Å². The third-order valence-corrected chi connectivity index (χ3v) is 14.5. The first-order valence-corrected chi connectivity index (χ1v) is 20.7. The highest BCUT2D eigenvalue weighted by Crippen LogP contribution is 2.42. The smallest absolute Gasteiger partial charge is 0.320 e. The van der Waals surface area contributed by atoms with Gasteiger partial charge in [-0.1, -0.05) is 20.8 Å². The van der Waals surface area contributed by atoms with Gasteiger partial charge in [0.15, 0.2) is 31.5 Å². The van der Waals surface area contributed by atoms with E-state index in [1.807, 2.05) is 0 Å². The summed E-state index contributed by atoms with van der Waals surface area (Å²) in [5, 5.41) is 5.80. The molecule has 0 radical (unpaired) electrons. The lowest BCUT2D eigenvalue weighted by Gasteiger charge is -2.40. The van der Waals surface area contributed by atoms with E-state index < -0.39 is 38.9 Å². The van der Waals surface area contributed by atoms with Gasteiger partial charge < -0.3 is 28.7 Å². The SMILES string of the molecule is COC1C(O[Si](C)(C)C(C)(C)C)[C@@H](CO[SH+]C(C)(C)C)O[C@H]1n1cnc2c(NC(=O)NC3CCC(OC(=O)CCC(C)=O)CC3)ncnc21. The molecular weight excluding hydrogens is 669 g/mol. The summed E-state index contributed by atoms with van der Waals surface area (Å²) in [5.74, 6) is -0.140. The third kappa shape index (κ3) is 10.4. The Morgan fingerprint density at radius 2 is 1.71 bits per heavy atom. The number of Topliss-reactive ketones (excluding diaryl/α,β-unsaturated/α-hetero) is 1. The van der Waals surface area contributed by atoms with Crippen LogP contribution in [0.4, 0.5) is 10.6 Å². The molecule has 1 aliphatic carbocycles. The van der Waals surface area contributed by atoms with Crippen molar-refractivity contribution < 1.29 is 37.2 Å². The van der Waals surface area contributed by atoms with Crippen LogP contribution in [-0.2, 0) is 44.5 Å². The number of ether oxygens (including phenoxy) is 3. The number of methoxy groups -OCH3 is 1. The minimum Gasteiger partial charge on any atom is -0.462 e. The highest BCUT2D eigenvalue weighted by Gasteiger charge is 2.52. The Hall–Kier alpha value is -2.63. The molecule has 2 aliphatic rings. The van der Waals surface area contributed by atoms with Gasteiger partial charge in [0.05, 0.1) is 12.7 Å². The average molecular weight is 724 g/mol. The van der Waals surface area contributed by atoms with E-state index in [0.29, 0.717) is 43.5 Å². The second-order valence-corrected chi connectivity index (χ2v) is 22.0. The number of aromatic nitrogens is 4. The Morgan fingerprint density at radius 1 is 1.02 bits per heavy atom. The summed E-state index contributed by atoms with van der Waals surface area (Å²) in [6, 6.07) is -0.507. The van der Waals surface area contributed by atoms with Crippen LogP contribution in [0.2, 0.25) is 18.1 Å². The molecule has 274 valence electrons. The lowest BCUT2D eigenvalue weighted by atomic mass is 9.93. The molecule has 2 unspecified atom stereocenters. The van der Waals surface area contributed by atoms with Crippen LogP contribution >= 0.6 is 0 Å². The zero-order valence-corrected chi connectivity index (χ0v) is 32.5. The molecule has 2 amide bonds. The van der Waals surface area contributed by atoms with Crippen LogP contribution in [0.25, 0.3) is 11.2 Å². The molecule has 1 aliphatic heterocycles. The Kier molecular flexibility index (Phi) is 12.9. The number of carbonyl (C=O) groups is 3. The van der Waals surface area contributed by atoms with Crippen LogP contribution in [0.15, 0.2) is 12.7 Å². The standard InChI is InChI=1S/C33H54N6O8SSi/c1-20(40)11-16-24(41)45-22-14-12-21(13-15-22)37-31(42)38-28-25-29(35-18-34-28)39(19-36-25)30-27(43-8)26(47-49(9,10)33(5,6)7)23(46-30)17-44-48-32(2,3)4/h18-19,21-23,26-27,30H,11-17H2,1-10H3,(H2,34,35,37,38,42)/p+1/t21?,22?,23-,26?,27?,30-/m1/s1. The lowest BCUT2D eigenvalue weighted by molar-refractivity contribution is -0.151. The molecule has 1 saturated carbocycles. The second-order valence-electron chi connectivity index (χ2n) is 15.5. The van der Waals surface area contributed by atoms with Crippen LogP contribution in [0.1, 0.15) is 93.2 Å². The van der Waals surface area contributed by atoms with Crippen LogP contribution in [-0.4, -0.2) is 94.5 Å². The van der Waals surface area contributed by atoms with Crippen LogP contribution in [0.3, 0.4) is 0 Å². The Morgan fingerprint density at radius 3 is 2.33 bits per heavy atom. The van der Waals surface area contributed by atoms with Crippen molar-refractivity contribution in [3.8, 4) is 0 Å². The molecule has 3 heterocycles. The molecule has 0 aromatic carbocycles. The molecule has 14 nitrogen and oxygen atoms in total. The number of hydrogen-bond donors (Lipinski definition) is 2. The number of rotatable bonds is 13. The van der Waals surface area contributed by atoms with Crippen molar-refractivity contribution in [3.05, 3.63) is 12.7 Å². The summed E-state index contributed by atoms with van der Waals surface area (Å²) in [6.07, 6.45) is 3.74. The molecule has 2 N–H and O–H groups in total. The molecular formula is C33H55N6O8SSi+. The number of hydrogen-bond acceptors (Lipinski definition) is 11. The summed E-state index contributed by atoms with van der Waals surface area (Å²) >= 11 is 0.845. The highest BCUT2D eigenvalue weighted by molar-refractivity contribution is 7.75. The summed E-state index contributed by atoms with van der Waals surface area (Å²) in [4.78, 5) is 49.6. The van der Waals surface area contributed by atoms with Gasteiger partial charge in [0.1, 0.15) is 59.9 Å². The maximum absolute atomic E-state index is 13.1. The van der Waals surface area contributed by atoms with Gasteiger partial charge in [-0.2, -0.15) is 4.18 Å². The van der Waals surface area contributed by atoms with E-state index in [-0.39, 0.29) is 52.3 Å². The number of esters is 1. The van der Waals surface area contributed by atoms with E-state index in [9.17, 15) is 14.4 Å². The number of urea groups is 1. The van der Waals surface area contributed by atoms with Crippen molar-refractivity contribution >= 4 is 55.1 Å². The Balaban J connectivity index is 1.45. The summed E-state index contributed by atoms with van der Waals surface area (Å²) in [5.41, 5.74) is 0.884. The number of thiol groups is 1. The van der Waals surface area contributed by atoms with Crippen molar-refractivity contribution in [2.75, 3.05) is 19.0 Å². The van der Waals surface area contributed by atoms with E-state index in [1.165, 1.54) is 13.3 Å². The van der Waals surface area contributed by atoms with Crippen molar-refractivity contribution in [1.82, 2.24) is 24.8 Å². The third-order valence-electron chi connectivity index (χ3n) is 9.23. The first kappa shape index (κ1) is 39.2. The van der Waals surface area contributed by atoms with Gasteiger partial charge in [-0.15, -0.1) is 0 Å². The number of fused-ring (bicyclic) bond motifs is 1. The summed E-state index contributed by atoms with van der Waals surface area (Å²) < 4.78 is 33.0. The largest absolute Gasteiger partial charge is 0.462 e. The second kappa shape index (κ2) is 16.1. The fourth-order valence-electron chi connectivity index (χ4n) is 5.59. The molecule has 2 aromatic rings. The van der Waals surface area contributed by atoms with E-state index in [2.05, 4.69) is 80.2 Å². The molecule has 16 heteroatoms. The molecule has 0 spiro atoms. The topological polar surface area (TPSA) is 165 Å². The number of anilines is 1. The maximum Gasteiger partial charge on any atom is 0.320 e. The lowest BCUT2D eigenvalue weighted by Crippen LogP contribution is -2.50. The number of amides is 2. The van der Waals surface area contributed by atoms with Crippen LogP contribution in [0, 0.1) is 0 Å². The van der Waals surface area contributed by atoms with E-state index >= 15 is 0 Å². The van der Waals surface area contributed by atoms with Gasteiger partial charge in [-0.05, 0) is 71.5 Å². The number of imidazole rings is 1. The number of ketones is 1. The van der Waals surface area contributed by atoms with Crippen molar-refractivity contribution in [1.29, 1.82) is 0 Å². The summed E-state index contributed by atoms with van der Waals surface area (Å²) in [6.45, 7) is 19.1. The molecule has 49 heavy (non-hydrogen) atoms. The molecule has 1 saturated heterocycles. The highest BCUT2D eigenvalue weighted by atomic mass is 32.2. The van der Waals surface area contributed by atoms with E-state index in [0.717, 1.165) is 12.0 Å². The Labute approximate surface area is 294 Å². The minimum atomic E-state index is -2.23. The first-order valence-electron chi connectivity index (χ1n) is 17.0. The normalized spacial score (nSPS) is 24.9. The average Bonchev–Trinajstić information content (AvgIpc) is 3.57. The number of nitrogens with one attached hydrogen (secondary N) is 2. The van der Waals surface area contributed by atoms with Gasteiger partial charge in [-0.25, -0.2) is 19.7 Å². The maximum atomic E-state index is 13.1. The first-order chi connectivity index (χ1) is 22.9.